The fourth-order valence-electron chi connectivity index (χ4n) is 1.47. The molecule has 1 aliphatic heterocycles. The van der Waals surface area contributed by atoms with E-state index in [1.54, 1.807) is 0 Å². The van der Waals surface area contributed by atoms with Crippen LogP contribution in [0.3, 0.4) is 0 Å². The standard InChI is InChI=1S/C7H14O4S/c1-6-7(8,5-11-2)3-4-12(6,9)10/h6,8H,3-5H2,1-2H3. The molecule has 1 aliphatic rings. The van der Waals surface area contributed by atoms with E-state index in [9.17, 15) is 13.5 Å². The van der Waals surface area contributed by atoms with E-state index >= 15 is 0 Å². The van der Waals surface area contributed by atoms with Gasteiger partial charge in [0.25, 0.3) is 0 Å². The van der Waals surface area contributed by atoms with Crippen molar-refractivity contribution in [3.8, 4) is 0 Å². The van der Waals surface area contributed by atoms with Crippen molar-refractivity contribution < 1.29 is 18.3 Å². The molecule has 1 N–H and O–H groups in total. The molecule has 12 heavy (non-hydrogen) atoms. The summed E-state index contributed by atoms with van der Waals surface area (Å²) in [6, 6.07) is 0. The van der Waals surface area contributed by atoms with Crippen LogP contribution in [0.15, 0.2) is 0 Å². The van der Waals surface area contributed by atoms with E-state index in [2.05, 4.69) is 0 Å². The molecule has 5 heteroatoms. The summed E-state index contributed by atoms with van der Waals surface area (Å²) in [5, 5.41) is 9.09. The van der Waals surface area contributed by atoms with E-state index in [1.165, 1.54) is 14.0 Å². The predicted molar refractivity (Wildman–Crippen MR) is 44.7 cm³/mol. The molecule has 0 aromatic heterocycles. The van der Waals surface area contributed by atoms with Crippen molar-refractivity contribution in [2.75, 3.05) is 19.5 Å². The Kier molecular flexibility index (Phi) is 2.47. The zero-order valence-electron chi connectivity index (χ0n) is 7.28. The van der Waals surface area contributed by atoms with Crippen molar-refractivity contribution in [3.05, 3.63) is 0 Å². The highest BCUT2D eigenvalue weighted by molar-refractivity contribution is 7.92. The summed E-state index contributed by atoms with van der Waals surface area (Å²) in [5.74, 6) is 0.0635. The molecule has 0 radical (unpaired) electrons. The molecule has 0 amide bonds. The molecule has 1 heterocycles. The van der Waals surface area contributed by atoms with Crippen LogP contribution in [-0.4, -0.2) is 43.8 Å². The molecule has 0 aromatic carbocycles. The van der Waals surface area contributed by atoms with Gasteiger partial charge in [-0.2, -0.15) is 0 Å². The number of aliphatic hydroxyl groups is 1. The lowest BCUT2D eigenvalue weighted by atomic mass is 9.99. The third kappa shape index (κ3) is 1.48. The molecular formula is C7H14O4S. The van der Waals surface area contributed by atoms with Gasteiger partial charge in [-0.3, -0.25) is 0 Å². The average molecular weight is 194 g/mol. The summed E-state index contributed by atoms with van der Waals surface area (Å²) in [7, 11) is -1.63. The second-order valence-electron chi connectivity index (χ2n) is 3.30. The van der Waals surface area contributed by atoms with Gasteiger partial charge in [-0.05, 0) is 13.3 Å². The van der Waals surface area contributed by atoms with E-state index in [-0.39, 0.29) is 18.8 Å². The van der Waals surface area contributed by atoms with Gasteiger partial charge in [0, 0.05) is 7.11 Å². The Morgan fingerprint density at radius 2 is 2.25 bits per heavy atom. The van der Waals surface area contributed by atoms with Crippen LogP contribution >= 0.6 is 0 Å². The van der Waals surface area contributed by atoms with Gasteiger partial charge >= 0.3 is 0 Å². The van der Waals surface area contributed by atoms with Crippen LogP contribution < -0.4 is 0 Å². The molecule has 2 unspecified atom stereocenters. The van der Waals surface area contributed by atoms with Crippen LogP contribution in [0.25, 0.3) is 0 Å². The van der Waals surface area contributed by atoms with E-state index in [0.29, 0.717) is 0 Å². The van der Waals surface area contributed by atoms with E-state index in [4.69, 9.17) is 4.74 Å². The van der Waals surface area contributed by atoms with E-state index < -0.39 is 20.7 Å². The first-order valence-electron chi connectivity index (χ1n) is 3.85. The van der Waals surface area contributed by atoms with Crippen molar-refractivity contribution >= 4 is 9.84 Å². The third-order valence-electron chi connectivity index (χ3n) is 2.51. The van der Waals surface area contributed by atoms with E-state index in [0.717, 1.165) is 0 Å². The highest BCUT2D eigenvalue weighted by Gasteiger charge is 2.48. The van der Waals surface area contributed by atoms with Crippen molar-refractivity contribution in [2.24, 2.45) is 0 Å². The van der Waals surface area contributed by atoms with Gasteiger partial charge in [0.1, 0.15) is 5.60 Å². The van der Waals surface area contributed by atoms with Gasteiger partial charge in [-0.1, -0.05) is 0 Å². The number of sulfone groups is 1. The first-order valence-corrected chi connectivity index (χ1v) is 5.57. The minimum atomic E-state index is -3.08. The first kappa shape index (κ1) is 9.95. The highest BCUT2D eigenvalue weighted by atomic mass is 32.2. The Morgan fingerprint density at radius 1 is 1.67 bits per heavy atom. The Balaban J connectivity index is 2.85. The first-order chi connectivity index (χ1) is 5.42. The minimum absolute atomic E-state index is 0.0635. The molecule has 0 saturated carbocycles. The number of hydrogen-bond donors (Lipinski definition) is 1. The van der Waals surface area contributed by atoms with Crippen LogP contribution in [-0.2, 0) is 14.6 Å². The van der Waals surface area contributed by atoms with Gasteiger partial charge in [-0.15, -0.1) is 0 Å². The smallest absolute Gasteiger partial charge is 0.155 e. The van der Waals surface area contributed by atoms with Crippen molar-refractivity contribution in [2.45, 2.75) is 24.2 Å². The fourth-order valence-corrected chi connectivity index (χ4v) is 3.32. The average Bonchev–Trinajstić information content (AvgIpc) is 2.17. The van der Waals surface area contributed by atoms with Gasteiger partial charge in [0.15, 0.2) is 9.84 Å². The van der Waals surface area contributed by atoms with Crippen LogP contribution in [0.5, 0.6) is 0 Å². The van der Waals surface area contributed by atoms with Gasteiger partial charge < -0.3 is 9.84 Å². The minimum Gasteiger partial charge on any atom is -0.386 e. The van der Waals surface area contributed by atoms with Crippen molar-refractivity contribution in [3.63, 3.8) is 0 Å². The van der Waals surface area contributed by atoms with Crippen molar-refractivity contribution in [1.82, 2.24) is 0 Å². The summed E-state index contributed by atoms with van der Waals surface area (Å²) >= 11 is 0. The Morgan fingerprint density at radius 3 is 2.58 bits per heavy atom. The lowest BCUT2D eigenvalue weighted by Crippen LogP contribution is -2.42. The summed E-state index contributed by atoms with van der Waals surface area (Å²) in [4.78, 5) is 0. The van der Waals surface area contributed by atoms with Gasteiger partial charge in [0.2, 0.25) is 0 Å². The number of methoxy groups -OCH3 is 1. The molecule has 2 atom stereocenters. The number of ether oxygens (including phenoxy) is 1. The maximum atomic E-state index is 11.2. The molecule has 0 bridgehead atoms. The number of hydrogen-bond acceptors (Lipinski definition) is 4. The van der Waals surface area contributed by atoms with Gasteiger partial charge in [0.05, 0.1) is 17.6 Å². The summed E-state index contributed by atoms with van der Waals surface area (Å²) < 4.78 is 27.3. The summed E-state index contributed by atoms with van der Waals surface area (Å²) in [6.45, 7) is 1.62. The molecule has 72 valence electrons. The normalized spacial score (nSPS) is 40.1. The topological polar surface area (TPSA) is 63.6 Å². The summed E-state index contributed by atoms with van der Waals surface area (Å²) in [5.41, 5.74) is -1.17. The zero-order chi connectivity index (χ0) is 9.41. The second kappa shape index (κ2) is 2.97. The zero-order valence-corrected chi connectivity index (χ0v) is 8.10. The molecule has 1 saturated heterocycles. The SMILES string of the molecule is COCC1(O)CCS(=O)(=O)C1C. The third-order valence-corrected chi connectivity index (χ3v) is 4.80. The monoisotopic (exact) mass is 194 g/mol. The molecule has 4 nitrogen and oxygen atoms in total. The van der Waals surface area contributed by atoms with Crippen LogP contribution in [0, 0.1) is 0 Å². The fraction of sp³-hybridized carbons (Fsp3) is 1.00. The largest absolute Gasteiger partial charge is 0.386 e. The van der Waals surface area contributed by atoms with Crippen LogP contribution in [0.1, 0.15) is 13.3 Å². The van der Waals surface area contributed by atoms with Crippen molar-refractivity contribution in [1.29, 1.82) is 0 Å². The molecule has 1 rings (SSSR count). The Hall–Kier alpha value is -0.130. The Labute approximate surface area is 72.5 Å². The highest BCUT2D eigenvalue weighted by Crippen LogP contribution is 2.30. The van der Waals surface area contributed by atoms with Crippen LogP contribution in [0.2, 0.25) is 0 Å². The lowest BCUT2D eigenvalue weighted by molar-refractivity contribution is -0.0268. The quantitative estimate of drug-likeness (QED) is 0.648. The molecule has 0 aliphatic carbocycles. The summed E-state index contributed by atoms with van der Waals surface area (Å²) in [6.07, 6.45) is 0.282. The Bertz CT molecular complexity index is 259. The second-order valence-corrected chi connectivity index (χ2v) is 5.74. The molecular weight excluding hydrogens is 180 g/mol. The molecule has 0 spiro atoms. The predicted octanol–water partition coefficient (Wildman–Crippen LogP) is -0.429. The maximum Gasteiger partial charge on any atom is 0.155 e. The lowest BCUT2D eigenvalue weighted by Gasteiger charge is -2.24. The van der Waals surface area contributed by atoms with Gasteiger partial charge in [-0.25, -0.2) is 8.42 Å². The number of rotatable bonds is 2. The molecule has 0 aromatic rings. The molecule has 1 fully saturated rings. The van der Waals surface area contributed by atoms with Crippen LogP contribution in [0.4, 0.5) is 0 Å². The van der Waals surface area contributed by atoms with E-state index in [1.807, 2.05) is 0 Å². The maximum absolute atomic E-state index is 11.2.